The van der Waals surface area contributed by atoms with Crippen molar-refractivity contribution in [1.82, 2.24) is 15.0 Å². The number of nitro groups is 1. The average Bonchev–Trinajstić information content (AvgIpc) is 2.77. The Kier molecular flexibility index (Phi) is 3.68. The Balaban J connectivity index is 2.33. The van der Waals surface area contributed by atoms with Gasteiger partial charge in [0.25, 0.3) is 5.69 Å². The first-order valence-electron chi connectivity index (χ1n) is 5.17. The van der Waals surface area contributed by atoms with Crippen LogP contribution in [0.4, 0.5) is 5.69 Å². The molecule has 0 radical (unpaired) electrons. The van der Waals surface area contributed by atoms with Gasteiger partial charge in [0.15, 0.2) is 0 Å². The van der Waals surface area contributed by atoms with Crippen LogP contribution in [-0.4, -0.2) is 26.5 Å². The van der Waals surface area contributed by atoms with Gasteiger partial charge < -0.3 is 5.73 Å². The largest absolute Gasteiger partial charge is 0.330 e. The minimum absolute atomic E-state index is 0.0149. The van der Waals surface area contributed by atoms with E-state index in [1.807, 2.05) is 0 Å². The molecule has 0 aliphatic heterocycles. The third kappa shape index (κ3) is 2.54. The fraction of sp³-hybridized carbons (Fsp3) is 0.200. The SMILES string of the molecule is NCCc1cn(-c2ccc([N+](=O)[O-])c(Br)c2)nn1. The highest BCUT2D eigenvalue weighted by atomic mass is 79.9. The van der Waals surface area contributed by atoms with Gasteiger partial charge in [0.05, 0.1) is 27.0 Å². The van der Waals surface area contributed by atoms with Crippen molar-refractivity contribution in [2.24, 2.45) is 5.73 Å². The summed E-state index contributed by atoms with van der Waals surface area (Å²) in [7, 11) is 0. The maximum Gasteiger partial charge on any atom is 0.283 e. The van der Waals surface area contributed by atoms with Gasteiger partial charge in [-0.05, 0) is 34.6 Å². The predicted molar refractivity (Wildman–Crippen MR) is 68.5 cm³/mol. The van der Waals surface area contributed by atoms with Gasteiger partial charge in [0.2, 0.25) is 0 Å². The van der Waals surface area contributed by atoms with Crippen LogP contribution in [0, 0.1) is 10.1 Å². The number of benzene rings is 1. The normalized spacial score (nSPS) is 10.6. The lowest BCUT2D eigenvalue weighted by molar-refractivity contribution is -0.385. The molecule has 1 heterocycles. The molecule has 2 aromatic rings. The lowest BCUT2D eigenvalue weighted by atomic mass is 10.3. The number of aromatic nitrogens is 3. The molecule has 0 atom stereocenters. The highest BCUT2D eigenvalue weighted by Gasteiger charge is 2.12. The molecule has 7 nitrogen and oxygen atoms in total. The van der Waals surface area contributed by atoms with Gasteiger partial charge in [-0.3, -0.25) is 10.1 Å². The fourth-order valence-electron chi connectivity index (χ4n) is 1.47. The van der Waals surface area contributed by atoms with E-state index < -0.39 is 4.92 Å². The van der Waals surface area contributed by atoms with E-state index in [9.17, 15) is 10.1 Å². The van der Waals surface area contributed by atoms with Crippen molar-refractivity contribution in [3.05, 3.63) is 44.7 Å². The van der Waals surface area contributed by atoms with Crippen molar-refractivity contribution in [1.29, 1.82) is 0 Å². The molecule has 0 saturated heterocycles. The zero-order valence-corrected chi connectivity index (χ0v) is 10.9. The molecule has 2 N–H and O–H groups in total. The molecule has 0 saturated carbocycles. The third-order valence-electron chi connectivity index (χ3n) is 2.33. The van der Waals surface area contributed by atoms with Crippen molar-refractivity contribution in [2.45, 2.75) is 6.42 Å². The van der Waals surface area contributed by atoms with Gasteiger partial charge in [0, 0.05) is 12.5 Å². The Hall–Kier alpha value is -1.80. The van der Waals surface area contributed by atoms with Crippen molar-refractivity contribution in [2.75, 3.05) is 6.54 Å². The molecule has 1 aromatic heterocycles. The number of nitrogens with zero attached hydrogens (tertiary/aromatic N) is 4. The molecular weight excluding hydrogens is 302 g/mol. The minimum atomic E-state index is -0.449. The van der Waals surface area contributed by atoms with Crippen LogP contribution in [0.15, 0.2) is 28.9 Å². The van der Waals surface area contributed by atoms with Crippen LogP contribution in [0.1, 0.15) is 5.69 Å². The van der Waals surface area contributed by atoms with Crippen molar-refractivity contribution in [3.63, 3.8) is 0 Å². The second-order valence-corrected chi connectivity index (χ2v) is 4.44. The smallest absolute Gasteiger partial charge is 0.283 e. The summed E-state index contributed by atoms with van der Waals surface area (Å²) in [6.45, 7) is 0.503. The van der Waals surface area contributed by atoms with Gasteiger partial charge in [0.1, 0.15) is 0 Å². The quantitative estimate of drug-likeness (QED) is 0.680. The molecule has 0 aliphatic carbocycles. The van der Waals surface area contributed by atoms with Crippen LogP contribution in [-0.2, 0) is 6.42 Å². The maximum absolute atomic E-state index is 10.7. The number of nitrogens with two attached hydrogens (primary N) is 1. The van der Waals surface area contributed by atoms with Crippen molar-refractivity contribution < 1.29 is 4.92 Å². The minimum Gasteiger partial charge on any atom is -0.330 e. The lowest BCUT2D eigenvalue weighted by Crippen LogP contribution is -2.02. The van der Waals surface area contributed by atoms with Crippen LogP contribution >= 0.6 is 15.9 Å². The summed E-state index contributed by atoms with van der Waals surface area (Å²) in [6, 6.07) is 4.66. The van der Waals surface area contributed by atoms with E-state index in [0.717, 1.165) is 5.69 Å². The van der Waals surface area contributed by atoms with Crippen molar-refractivity contribution >= 4 is 21.6 Å². The van der Waals surface area contributed by atoms with Crippen LogP contribution in [0.2, 0.25) is 0 Å². The van der Waals surface area contributed by atoms with Gasteiger partial charge in [-0.25, -0.2) is 4.68 Å². The first kappa shape index (κ1) is 12.7. The molecular formula is C10H10BrN5O2. The van der Waals surface area contributed by atoms with E-state index in [1.165, 1.54) is 6.07 Å². The second-order valence-electron chi connectivity index (χ2n) is 3.59. The number of rotatable bonds is 4. The molecule has 2 rings (SSSR count). The monoisotopic (exact) mass is 311 g/mol. The Morgan fingerprint density at radius 3 is 2.89 bits per heavy atom. The summed E-state index contributed by atoms with van der Waals surface area (Å²) >= 11 is 3.16. The van der Waals surface area contributed by atoms with Crippen LogP contribution in [0.25, 0.3) is 5.69 Å². The van der Waals surface area contributed by atoms with E-state index in [-0.39, 0.29) is 5.69 Å². The number of hydrogen-bond acceptors (Lipinski definition) is 5. The van der Waals surface area contributed by atoms with Gasteiger partial charge >= 0.3 is 0 Å². The zero-order chi connectivity index (χ0) is 13.1. The summed E-state index contributed by atoms with van der Waals surface area (Å²) in [4.78, 5) is 10.2. The number of hydrogen-bond donors (Lipinski definition) is 1. The number of nitro benzene ring substituents is 1. The summed E-state index contributed by atoms with van der Waals surface area (Å²) < 4.78 is 1.96. The summed E-state index contributed by atoms with van der Waals surface area (Å²) in [5.74, 6) is 0. The Labute approximate surface area is 111 Å². The van der Waals surface area contributed by atoms with E-state index >= 15 is 0 Å². The molecule has 0 aliphatic rings. The van der Waals surface area contributed by atoms with E-state index in [0.29, 0.717) is 23.1 Å². The highest BCUT2D eigenvalue weighted by molar-refractivity contribution is 9.10. The summed E-state index contributed by atoms with van der Waals surface area (Å²) in [5, 5.41) is 18.6. The molecule has 94 valence electrons. The topological polar surface area (TPSA) is 99.9 Å². The molecule has 1 aromatic carbocycles. The molecule has 18 heavy (non-hydrogen) atoms. The summed E-state index contributed by atoms with van der Waals surface area (Å²) in [6.07, 6.45) is 2.40. The number of halogens is 1. The van der Waals surface area contributed by atoms with Gasteiger partial charge in [-0.1, -0.05) is 5.21 Å². The van der Waals surface area contributed by atoms with Gasteiger partial charge in [-0.2, -0.15) is 0 Å². The Morgan fingerprint density at radius 1 is 1.50 bits per heavy atom. The van der Waals surface area contributed by atoms with E-state index in [4.69, 9.17) is 5.73 Å². The van der Waals surface area contributed by atoms with Crippen LogP contribution in [0.5, 0.6) is 0 Å². The van der Waals surface area contributed by atoms with Crippen LogP contribution in [0.3, 0.4) is 0 Å². The van der Waals surface area contributed by atoms with Crippen molar-refractivity contribution in [3.8, 4) is 5.69 Å². The fourth-order valence-corrected chi connectivity index (χ4v) is 1.98. The second kappa shape index (κ2) is 5.23. The lowest BCUT2D eigenvalue weighted by Gasteiger charge is -2.01. The van der Waals surface area contributed by atoms with Crippen LogP contribution < -0.4 is 5.73 Å². The summed E-state index contributed by atoms with van der Waals surface area (Å²) in [5.41, 5.74) is 6.92. The zero-order valence-electron chi connectivity index (χ0n) is 9.28. The maximum atomic E-state index is 10.7. The highest BCUT2D eigenvalue weighted by Crippen LogP contribution is 2.26. The molecule has 0 bridgehead atoms. The molecule has 0 amide bonds. The molecule has 8 heteroatoms. The first-order valence-corrected chi connectivity index (χ1v) is 5.96. The molecule has 0 spiro atoms. The molecule has 0 unspecified atom stereocenters. The standard InChI is InChI=1S/C10H10BrN5O2/c11-9-5-8(1-2-10(9)16(17)18)15-6-7(3-4-12)13-14-15/h1-2,5-6H,3-4,12H2. The average molecular weight is 312 g/mol. The Bertz CT molecular complexity index is 583. The van der Waals surface area contributed by atoms with E-state index in [2.05, 4.69) is 26.2 Å². The first-order chi connectivity index (χ1) is 8.61. The van der Waals surface area contributed by atoms with E-state index in [1.54, 1.807) is 23.0 Å². The molecule has 0 fully saturated rings. The predicted octanol–water partition coefficient (Wildman–Crippen LogP) is 1.44. The third-order valence-corrected chi connectivity index (χ3v) is 2.97. The Morgan fingerprint density at radius 2 is 2.28 bits per heavy atom. The van der Waals surface area contributed by atoms with Gasteiger partial charge in [-0.15, -0.1) is 5.10 Å².